The minimum Gasteiger partial charge on any atom is -0.383 e. The van der Waals surface area contributed by atoms with Gasteiger partial charge in [0, 0.05) is 6.54 Å². The minimum absolute atomic E-state index is 0.124. The first-order valence-electron chi connectivity index (χ1n) is 4.81. The fraction of sp³-hybridized carbons (Fsp3) is 1.00. The average molecular weight is 193 g/mol. The van der Waals surface area contributed by atoms with Crippen LogP contribution in [0.25, 0.3) is 0 Å². The van der Waals surface area contributed by atoms with Crippen molar-refractivity contribution in [3.63, 3.8) is 0 Å². The summed E-state index contributed by atoms with van der Waals surface area (Å²) < 4.78 is 24.9. The van der Waals surface area contributed by atoms with Crippen LogP contribution in [0.5, 0.6) is 0 Å². The monoisotopic (exact) mass is 193 g/mol. The van der Waals surface area contributed by atoms with Gasteiger partial charge >= 0.3 is 0 Å². The van der Waals surface area contributed by atoms with Crippen LogP contribution in [0.15, 0.2) is 0 Å². The zero-order valence-electron chi connectivity index (χ0n) is 7.97. The molecule has 1 aliphatic heterocycles. The maximum atomic E-state index is 12.4. The van der Waals surface area contributed by atoms with Gasteiger partial charge in [0.15, 0.2) is 0 Å². The number of aliphatic hydroxyl groups is 1. The van der Waals surface area contributed by atoms with Crippen LogP contribution in [0.2, 0.25) is 0 Å². The van der Waals surface area contributed by atoms with Gasteiger partial charge in [-0.3, -0.25) is 0 Å². The highest BCUT2D eigenvalue weighted by Crippen LogP contribution is 2.27. The van der Waals surface area contributed by atoms with Gasteiger partial charge in [-0.1, -0.05) is 6.92 Å². The number of piperidine rings is 1. The highest BCUT2D eigenvalue weighted by molar-refractivity contribution is 4.89. The number of nitrogens with zero attached hydrogens (tertiary/aromatic N) is 1. The molecule has 1 atom stereocenters. The van der Waals surface area contributed by atoms with Crippen LogP contribution in [-0.4, -0.2) is 41.7 Å². The molecule has 0 aromatic carbocycles. The zero-order valence-corrected chi connectivity index (χ0v) is 7.97. The number of halogens is 2. The molecule has 13 heavy (non-hydrogen) atoms. The van der Waals surface area contributed by atoms with Crippen LogP contribution in [0, 0.1) is 0 Å². The lowest BCUT2D eigenvalue weighted by atomic mass is 9.93. The van der Waals surface area contributed by atoms with Gasteiger partial charge in [0.1, 0.15) is 5.60 Å². The van der Waals surface area contributed by atoms with Crippen molar-refractivity contribution in [3.05, 3.63) is 0 Å². The summed E-state index contributed by atoms with van der Waals surface area (Å²) in [5, 5.41) is 9.55. The smallest absolute Gasteiger partial charge is 0.268 e. The van der Waals surface area contributed by atoms with Gasteiger partial charge in [-0.15, -0.1) is 0 Å². The molecule has 0 aliphatic carbocycles. The Bertz CT molecular complexity index is 164. The summed E-state index contributed by atoms with van der Waals surface area (Å²) in [6, 6.07) is 0. The fourth-order valence-corrected chi connectivity index (χ4v) is 1.84. The van der Waals surface area contributed by atoms with Crippen molar-refractivity contribution >= 4 is 0 Å². The molecule has 1 N–H and O–H groups in total. The summed E-state index contributed by atoms with van der Waals surface area (Å²) in [6.07, 6.45) is -0.780. The summed E-state index contributed by atoms with van der Waals surface area (Å²) >= 11 is 0. The van der Waals surface area contributed by atoms with Gasteiger partial charge in [0.2, 0.25) is 0 Å². The van der Waals surface area contributed by atoms with E-state index in [2.05, 4.69) is 0 Å². The first-order valence-corrected chi connectivity index (χ1v) is 4.81. The molecule has 0 amide bonds. The van der Waals surface area contributed by atoms with Gasteiger partial charge in [0.05, 0.1) is 0 Å². The van der Waals surface area contributed by atoms with Crippen LogP contribution in [-0.2, 0) is 0 Å². The lowest BCUT2D eigenvalue weighted by molar-refractivity contribution is -0.131. The van der Waals surface area contributed by atoms with Gasteiger partial charge in [-0.25, -0.2) is 8.78 Å². The van der Waals surface area contributed by atoms with E-state index in [1.807, 2.05) is 11.8 Å². The summed E-state index contributed by atoms with van der Waals surface area (Å²) in [5.41, 5.74) is -1.76. The Morgan fingerprint density at radius 1 is 1.54 bits per heavy atom. The quantitative estimate of drug-likeness (QED) is 0.734. The van der Waals surface area contributed by atoms with Crippen molar-refractivity contribution in [1.29, 1.82) is 0 Å². The molecule has 0 spiro atoms. The van der Waals surface area contributed by atoms with E-state index in [1.54, 1.807) is 0 Å². The van der Waals surface area contributed by atoms with E-state index in [9.17, 15) is 13.9 Å². The van der Waals surface area contributed by atoms with E-state index in [4.69, 9.17) is 0 Å². The first-order chi connectivity index (χ1) is 6.08. The second-order valence-electron chi connectivity index (χ2n) is 3.78. The summed E-state index contributed by atoms with van der Waals surface area (Å²) in [4.78, 5) is 1.91. The Morgan fingerprint density at radius 2 is 2.23 bits per heavy atom. The number of likely N-dealkylation sites (tertiary alicyclic amines) is 1. The molecule has 0 saturated carbocycles. The third-order valence-electron chi connectivity index (χ3n) is 2.53. The van der Waals surface area contributed by atoms with E-state index in [0.29, 0.717) is 6.42 Å². The molecule has 0 aromatic heterocycles. The Balaban J connectivity index is 2.49. The van der Waals surface area contributed by atoms with Crippen LogP contribution < -0.4 is 0 Å². The van der Waals surface area contributed by atoms with Crippen LogP contribution in [0.3, 0.4) is 0 Å². The first kappa shape index (κ1) is 10.9. The highest BCUT2D eigenvalue weighted by atomic mass is 19.3. The predicted octanol–water partition coefficient (Wildman–Crippen LogP) is 1.49. The second-order valence-corrected chi connectivity index (χ2v) is 3.78. The number of rotatable bonds is 3. The average Bonchev–Trinajstić information content (AvgIpc) is 2.04. The molecule has 1 heterocycles. The number of hydrogen-bond donors (Lipinski definition) is 1. The molecular formula is C9H17F2NO. The lowest BCUT2D eigenvalue weighted by Crippen LogP contribution is -2.52. The van der Waals surface area contributed by atoms with Crippen LogP contribution >= 0.6 is 0 Å². The van der Waals surface area contributed by atoms with Crippen molar-refractivity contribution in [3.8, 4) is 0 Å². The maximum absolute atomic E-state index is 12.4. The summed E-state index contributed by atoms with van der Waals surface area (Å²) in [7, 11) is 0. The Hall–Kier alpha value is -0.220. The Morgan fingerprint density at radius 3 is 2.77 bits per heavy atom. The standard InChI is InChI=1S/C9H17F2NO/c1-2-5-12-6-3-4-9(13,7-12)8(10)11/h8,13H,2-7H2,1H3. The predicted molar refractivity (Wildman–Crippen MR) is 46.9 cm³/mol. The zero-order chi connectivity index (χ0) is 9.90. The molecule has 1 aliphatic rings. The van der Waals surface area contributed by atoms with Gasteiger partial charge in [-0.05, 0) is 32.4 Å². The molecule has 78 valence electrons. The molecular weight excluding hydrogens is 176 g/mol. The van der Waals surface area contributed by atoms with Crippen molar-refractivity contribution in [2.45, 2.75) is 38.2 Å². The fourth-order valence-electron chi connectivity index (χ4n) is 1.84. The normalized spacial score (nSPS) is 31.2. The number of β-amino-alcohol motifs (C(OH)–C–C–N with tert-alkyl or cyclic N) is 1. The SMILES string of the molecule is CCCN1CCCC(O)(C(F)F)C1. The van der Waals surface area contributed by atoms with Crippen LogP contribution in [0.4, 0.5) is 8.78 Å². The summed E-state index contributed by atoms with van der Waals surface area (Å²) in [5.74, 6) is 0. The van der Waals surface area contributed by atoms with Gasteiger partial charge in [0.25, 0.3) is 6.43 Å². The third-order valence-corrected chi connectivity index (χ3v) is 2.53. The van der Waals surface area contributed by atoms with Crippen molar-refractivity contribution in [2.75, 3.05) is 19.6 Å². The molecule has 1 rings (SSSR count). The molecule has 1 fully saturated rings. The van der Waals surface area contributed by atoms with Crippen LogP contribution in [0.1, 0.15) is 26.2 Å². The molecule has 0 radical (unpaired) electrons. The highest BCUT2D eigenvalue weighted by Gasteiger charge is 2.41. The van der Waals surface area contributed by atoms with Crippen molar-refractivity contribution < 1.29 is 13.9 Å². The number of alkyl halides is 2. The van der Waals surface area contributed by atoms with E-state index in [1.165, 1.54) is 0 Å². The third kappa shape index (κ3) is 2.61. The van der Waals surface area contributed by atoms with Gasteiger partial charge < -0.3 is 10.0 Å². The molecule has 0 aromatic rings. The minimum atomic E-state index is -2.62. The van der Waals surface area contributed by atoms with E-state index >= 15 is 0 Å². The molecule has 1 unspecified atom stereocenters. The Kier molecular flexibility index (Phi) is 3.62. The molecule has 2 nitrogen and oxygen atoms in total. The number of hydrogen-bond acceptors (Lipinski definition) is 2. The van der Waals surface area contributed by atoms with Crippen molar-refractivity contribution in [1.82, 2.24) is 4.90 Å². The van der Waals surface area contributed by atoms with Gasteiger partial charge in [-0.2, -0.15) is 0 Å². The molecule has 1 saturated heterocycles. The second kappa shape index (κ2) is 4.33. The summed E-state index contributed by atoms with van der Waals surface area (Å²) in [6.45, 7) is 3.77. The lowest BCUT2D eigenvalue weighted by Gasteiger charge is -2.38. The van der Waals surface area contributed by atoms with E-state index in [-0.39, 0.29) is 13.0 Å². The van der Waals surface area contributed by atoms with E-state index < -0.39 is 12.0 Å². The maximum Gasteiger partial charge on any atom is 0.268 e. The largest absolute Gasteiger partial charge is 0.383 e. The topological polar surface area (TPSA) is 23.5 Å². The van der Waals surface area contributed by atoms with Crippen molar-refractivity contribution in [2.24, 2.45) is 0 Å². The van der Waals surface area contributed by atoms with E-state index in [0.717, 1.165) is 19.5 Å². The molecule has 4 heteroatoms. The Labute approximate surface area is 77.5 Å². The molecule has 0 bridgehead atoms.